The van der Waals surface area contributed by atoms with Gasteiger partial charge >= 0.3 is 0 Å². The predicted molar refractivity (Wildman–Crippen MR) is 212 cm³/mol. The number of amidine groups is 1. The van der Waals surface area contributed by atoms with E-state index >= 15 is 0 Å². The van der Waals surface area contributed by atoms with Crippen molar-refractivity contribution >= 4 is 60.6 Å². The minimum absolute atomic E-state index is 0.119. The second-order valence-electron chi connectivity index (χ2n) is 14.3. The number of aromatic nitrogens is 1. The van der Waals surface area contributed by atoms with Gasteiger partial charge in [0.1, 0.15) is 0 Å². The second-order valence-corrected chi connectivity index (χ2v) is 14.3. The number of fused-ring (bicyclic) bond motifs is 7. The van der Waals surface area contributed by atoms with Gasteiger partial charge in [-0.2, -0.15) is 0 Å². The van der Waals surface area contributed by atoms with E-state index < -0.39 is 0 Å². The minimum Gasteiger partial charge on any atom is -0.311 e. The van der Waals surface area contributed by atoms with Crippen LogP contribution in [0.5, 0.6) is 0 Å². The van der Waals surface area contributed by atoms with Gasteiger partial charge in [0.15, 0.2) is 5.84 Å². The fourth-order valence-electron chi connectivity index (χ4n) is 8.48. The first-order chi connectivity index (χ1) is 24.5. The van der Waals surface area contributed by atoms with Crippen LogP contribution in [0.15, 0.2) is 156 Å². The molecule has 0 N–H and O–H groups in total. The van der Waals surface area contributed by atoms with E-state index in [0.29, 0.717) is 6.54 Å². The van der Waals surface area contributed by atoms with E-state index in [1.54, 1.807) is 0 Å². The molecule has 0 fully saturated rings. The Bertz CT molecular complexity index is 2790. The number of aryl methyl sites for hydroxylation is 1. The highest BCUT2D eigenvalue weighted by atomic mass is 15.0. The van der Waals surface area contributed by atoms with Crippen LogP contribution < -0.4 is 0 Å². The van der Waals surface area contributed by atoms with Crippen molar-refractivity contribution in [3.05, 3.63) is 173 Å². The predicted octanol–water partition coefficient (Wildman–Crippen LogP) is 11.5. The van der Waals surface area contributed by atoms with Crippen LogP contribution in [0.2, 0.25) is 0 Å². The third kappa shape index (κ3) is 4.23. The summed E-state index contributed by atoms with van der Waals surface area (Å²) in [4.78, 5) is 10.4. The second kappa shape index (κ2) is 10.7. The van der Waals surface area contributed by atoms with Gasteiger partial charge in [0.25, 0.3) is 0 Å². The molecule has 1 aliphatic carbocycles. The van der Waals surface area contributed by atoms with Crippen molar-refractivity contribution in [3.63, 3.8) is 0 Å². The highest BCUT2D eigenvalue weighted by Crippen LogP contribution is 2.53. The number of allylic oxidation sites excluding steroid dienone is 1. The van der Waals surface area contributed by atoms with Gasteiger partial charge in [-0.3, -0.25) is 4.99 Å². The first-order valence-electron chi connectivity index (χ1n) is 17.5. The Balaban J connectivity index is 1.36. The Labute approximate surface area is 291 Å². The molecule has 0 atom stereocenters. The molecule has 3 heteroatoms. The fourth-order valence-corrected chi connectivity index (χ4v) is 8.48. The lowest BCUT2D eigenvalue weighted by Crippen LogP contribution is -2.23. The van der Waals surface area contributed by atoms with Gasteiger partial charge in [0, 0.05) is 38.6 Å². The molecule has 2 aliphatic rings. The van der Waals surface area contributed by atoms with Crippen LogP contribution in [0.25, 0.3) is 60.2 Å². The van der Waals surface area contributed by atoms with Crippen LogP contribution in [0.1, 0.15) is 41.7 Å². The number of nitrogens with zero attached hydrogens (tertiary/aromatic N) is 3. The topological polar surface area (TPSA) is 29.6 Å². The lowest BCUT2D eigenvalue weighted by molar-refractivity contribution is 0.645. The quantitative estimate of drug-likeness (QED) is 0.184. The van der Waals surface area contributed by atoms with Crippen LogP contribution >= 0.6 is 0 Å². The third-order valence-electron chi connectivity index (χ3n) is 10.9. The van der Waals surface area contributed by atoms with Crippen LogP contribution in [0.3, 0.4) is 0 Å². The SMILES string of the molecule is Cc1ccc2cc3c(cc2c1)c1c2c4c(cccc4cc1n3C1=CC(c3ccccc3)=NC(c3ccccc3)=NC1)C(C)(C)c1ccccc1-2. The fraction of sp³-hybridized carbons (Fsp3) is 0.106. The first-order valence-corrected chi connectivity index (χ1v) is 17.5. The van der Waals surface area contributed by atoms with Crippen LogP contribution in [0, 0.1) is 6.92 Å². The maximum atomic E-state index is 5.22. The molecule has 0 amide bonds. The number of hydrogen-bond acceptors (Lipinski definition) is 2. The van der Waals surface area contributed by atoms with Crippen molar-refractivity contribution in [1.82, 2.24) is 4.57 Å². The Hall–Kier alpha value is -6.06. The molecule has 1 aliphatic heterocycles. The van der Waals surface area contributed by atoms with Crippen molar-refractivity contribution in [2.24, 2.45) is 9.98 Å². The van der Waals surface area contributed by atoms with E-state index in [-0.39, 0.29) is 5.41 Å². The molecule has 8 aromatic rings. The van der Waals surface area contributed by atoms with Crippen LogP contribution in [-0.4, -0.2) is 22.7 Å². The molecule has 10 rings (SSSR count). The summed E-state index contributed by atoms with van der Waals surface area (Å²) in [5.74, 6) is 0.749. The zero-order chi connectivity index (χ0) is 33.6. The van der Waals surface area contributed by atoms with E-state index in [4.69, 9.17) is 9.98 Å². The molecular weight excluding hydrogens is 607 g/mol. The summed E-state index contributed by atoms with van der Waals surface area (Å²) in [6, 6.07) is 50.7. The van der Waals surface area contributed by atoms with E-state index in [9.17, 15) is 0 Å². The Kier molecular flexibility index (Phi) is 6.20. The molecule has 1 aromatic heterocycles. The van der Waals surface area contributed by atoms with Crippen LogP contribution in [0.4, 0.5) is 0 Å². The van der Waals surface area contributed by atoms with Crippen molar-refractivity contribution in [3.8, 4) is 11.1 Å². The molecule has 3 nitrogen and oxygen atoms in total. The minimum atomic E-state index is -0.119. The number of benzene rings is 7. The monoisotopic (exact) mass is 641 g/mol. The van der Waals surface area contributed by atoms with Crippen molar-refractivity contribution in [2.75, 3.05) is 6.54 Å². The molecule has 0 spiro atoms. The molecule has 238 valence electrons. The summed E-state index contributed by atoms with van der Waals surface area (Å²) in [6.07, 6.45) is 2.26. The molecular formula is C47H35N3. The average Bonchev–Trinajstić information content (AvgIpc) is 3.29. The Morgan fingerprint density at radius 2 is 1.32 bits per heavy atom. The number of rotatable bonds is 3. The zero-order valence-electron chi connectivity index (χ0n) is 28.4. The van der Waals surface area contributed by atoms with Gasteiger partial charge in [0.2, 0.25) is 0 Å². The highest BCUT2D eigenvalue weighted by Gasteiger charge is 2.35. The summed E-state index contributed by atoms with van der Waals surface area (Å²) in [6.45, 7) is 7.41. The van der Waals surface area contributed by atoms with Gasteiger partial charge in [0.05, 0.1) is 23.3 Å². The zero-order valence-corrected chi connectivity index (χ0v) is 28.4. The third-order valence-corrected chi connectivity index (χ3v) is 10.9. The van der Waals surface area contributed by atoms with Crippen molar-refractivity contribution in [2.45, 2.75) is 26.2 Å². The summed E-state index contributed by atoms with van der Waals surface area (Å²) in [5.41, 5.74) is 13.0. The maximum Gasteiger partial charge on any atom is 0.155 e. The standard InChI is InChI=1S/C47H35N3/c1-29-21-22-32-25-41-37(24-34(32)23-29)44-42(26-33-17-12-20-39-43(33)45(44)36-18-10-11-19-38(36)47(39,2)3)50(41)35-27-40(30-13-6-4-7-14-30)49-46(48-28-35)31-15-8-5-9-16-31/h4-27H,28H2,1-3H3. The Morgan fingerprint density at radius 1 is 0.600 bits per heavy atom. The summed E-state index contributed by atoms with van der Waals surface area (Å²) < 4.78 is 2.48. The van der Waals surface area contributed by atoms with E-state index in [0.717, 1.165) is 28.4 Å². The molecule has 50 heavy (non-hydrogen) atoms. The molecule has 0 saturated carbocycles. The maximum absolute atomic E-state index is 5.22. The molecule has 0 saturated heterocycles. The van der Waals surface area contributed by atoms with Gasteiger partial charge in [-0.1, -0.05) is 141 Å². The summed E-state index contributed by atoms with van der Waals surface area (Å²) in [5, 5.41) is 7.66. The smallest absolute Gasteiger partial charge is 0.155 e. The largest absolute Gasteiger partial charge is 0.311 e. The molecule has 2 heterocycles. The molecule has 0 unspecified atom stereocenters. The van der Waals surface area contributed by atoms with Crippen LogP contribution in [-0.2, 0) is 5.41 Å². The lowest BCUT2D eigenvalue weighted by atomic mass is 9.68. The summed E-state index contributed by atoms with van der Waals surface area (Å²) in [7, 11) is 0. The summed E-state index contributed by atoms with van der Waals surface area (Å²) >= 11 is 0. The highest BCUT2D eigenvalue weighted by molar-refractivity contribution is 6.27. The van der Waals surface area contributed by atoms with Gasteiger partial charge < -0.3 is 4.57 Å². The van der Waals surface area contributed by atoms with Crippen molar-refractivity contribution < 1.29 is 0 Å². The van der Waals surface area contributed by atoms with Gasteiger partial charge in [-0.05, 0) is 69.4 Å². The van der Waals surface area contributed by atoms with Gasteiger partial charge in [-0.15, -0.1) is 0 Å². The normalized spacial score (nSPS) is 15.1. The van der Waals surface area contributed by atoms with E-state index in [1.807, 2.05) is 6.07 Å². The molecule has 7 aromatic carbocycles. The molecule has 0 radical (unpaired) electrons. The van der Waals surface area contributed by atoms with E-state index in [1.165, 1.54) is 71.2 Å². The lowest BCUT2D eigenvalue weighted by Gasteiger charge is -2.35. The average molecular weight is 642 g/mol. The number of hydrogen-bond donors (Lipinski definition) is 0. The molecule has 0 bridgehead atoms. The van der Waals surface area contributed by atoms with Crippen molar-refractivity contribution in [1.29, 1.82) is 0 Å². The first kappa shape index (κ1) is 28.9. The Morgan fingerprint density at radius 3 is 2.14 bits per heavy atom. The number of aliphatic imine (C=N–C) groups is 2. The van der Waals surface area contributed by atoms with E-state index in [2.05, 4.69) is 165 Å². The van der Waals surface area contributed by atoms with Gasteiger partial charge in [-0.25, -0.2) is 4.99 Å².